The van der Waals surface area contributed by atoms with Gasteiger partial charge >= 0.3 is 0 Å². The van der Waals surface area contributed by atoms with Crippen molar-refractivity contribution < 1.29 is 9.15 Å². The fourth-order valence-electron chi connectivity index (χ4n) is 2.88. The smallest absolute Gasteiger partial charge is 0.236 e. The quantitative estimate of drug-likeness (QED) is 0.818. The Balaban J connectivity index is 1.54. The van der Waals surface area contributed by atoms with E-state index in [9.17, 15) is 0 Å². The number of rotatable bonds is 6. The Morgan fingerprint density at radius 3 is 3.09 bits per heavy atom. The minimum absolute atomic E-state index is 0.549. The molecule has 5 nitrogen and oxygen atoms in total. The molecule has 0 saturated carbocycles. The first-order chi connectivity index (χ1) is 10.8. The molecule has 0 spiro atoms. The van der Waals surface area contributed by atoms with E-state index in [1.165, 1.54) is 0 Å². The summed E-state index contributed by atoms with van der Waals surface area (Å²) in [5, 5.41) is 2.04. The molecule has 1 aliphatic rings. The zero-order chi connectivity index (χ0) is 15.4. The number of piperazine rings is 1. The summed E-state index contributed by atoms with van der Waals surface area (Å²) < 4.78 is 10.8. The van der Waals surface area contributed by atoms with Crippen molar-refractivity contribution in [3.63, 3.8) is 0 Å². The van der Waals surface area contributed by atoms with Crippen LogP contribution in [0.25, 0.3) is 10.8 Å². The Hall–Kier alpha value is -1.21. The van der Waals surface area contributed by atoms with Crippen molar-refractivity contribution in [2.24, 2.45) is 0 Å². The minimum atomic E-state index is 0.549. The molecule has 3 rings (SSSR count). The largest absolute Gasteiger partial charge is 0.444 e. The summed E-state index contributed by atoms with van der Waals surface area (Å²) in [6.45, 7) is 8.16. The summed E-state index contributed by atoms with van der Waals surface area (Å²) in [5.41, 5.74) is 1.01. The molecule has 0 radical (unpaired) electrons. The van der Waals surface area contributed by atoms with Crippen molar-refractivity contribution in [2.75, 3.05) is 39.9 Å². The van der Waals surface area contributed by atoms with E-state index in [0.29, 0.717) is 6.04 Å². The number of oxazole rings is 1. The lowest BCUT2D eigenvalue weighted by Crippen LogP contribution is -2.52. The number of hydrogen-bond acceptors (Lipinski definition) is 6. The molecular weight excluding hydrogens is 298 g/mol. The van der Waals surface area contributed by atoms with Crippen molar-refractivity contribution >= 4 is 11.3 Å². The average Bonchev–Trinajstić information content (AvgIpc) is 3.17. The van der Waals surface area contributed by atoms with Crippen LogP contribution in [0.4, 0.5) is 0 Å². The Morgan fingerprint density at radius 2 is 2.36 bits per heavy atom. The SMILES string of the molecule is COCCN1CCN(Cc2coc(-c3cccs3)n2)C[C@H]1C. The van der Waals surface area contributed by atoms with Crippen LogP contribution < -0.4 is 0 Å². The van der Waals surface area contributed by atoms with Gasteiger partial charge in [-0.05, 0) is 18.4 Å². The van der Waals surface area contributed by atoms with Crippen LogP contribution in [0.1, 0.15) is 12.6 Å². The lowest BCUT2D eigenvalue weighted by molar-refractivity contribution is 0.0552. The van der Waals surface area contributed by atoms with Crippen LogP contribution in [0.5, 0.6) is 0 Å². The Morgan fingerprint density at radius 1 is 1.45 bits per heavy atom. The molecule has 2 aromatic rings. The van der Waals surface area contributed by atoms with Crippen LogP contribution in [0, 0.1) is 0 Å². The highest BCUT2D eigenvalue weighted by Gasteiger charge is 2.24. The molecule has 0 amide bonds. The van der Waals surface area contributed by atoms with Gasteiger partial charge in [0.25, 0.3) is 0 Å². The lowest BCUT2D eigenvalue weighted by atomic mass is 10.2. The normalized spacial score (nSPS) is 20.5. The standard InChI is InChI=1S/C16H23N3O2S/c1-13-10-18(5-6-19(13)7-8-20-2)11-14-12-21-16(17-14)15-4-3-9-22-15/h3-4,9,12-13H,5-8,10-11H2,1-2H3/t13-/m1/s1. The number of hydrogen-bond donors (Lipinski definition) is 0. The van der Waals surface area contributed by atoms with Crippen molar-refractivity contribution in [1.29, 1.82) is 0 Å². The first kappa shape index (κ1) is 15.7. The predicted octanol–water partition coefficient (Wildman–Crippen LogP) is 2.56. The second-order valence-corrected chi connectivity index (χ2v) is 6.68. The fraction of sp³-hybridized carbons (Fsp3) is 0.562. The van der Waals surface area contributed by atoms with E-state index in [1.54, 1.807) is 24.7 Å². The summed E-state index contributed by atoms with van der Waals surface area (Å²) in [5.74, 6) is 0.733. The molecule has 1 aliphatic heterocycles. The Labute approximate surface area is 135 Å². The first-order valence-corrected chi connectivity index (χ1v) is 8.58. The van der Waals surface area contributed by atoms with Crippen LogP contribution in [-0.2, 0) is 11.3 Å². The van der Waals surface area contributed by atoms with Gasteiger partial charge in [0.05, 0.1) is 17.2 Å². The summed E-state index contributed by atoms with van der Waals surface area (Å²) in [7, 11) is 1.76. The van der Waals surface area contributed by atoms with Crippen molar-refractivity contribution in [3.8, 4) is 10.8 Å². The van der Waals surface area contributed by atoms with Crippen molar-refractivity contribution in [3.05, 3.63) is 29.5 Å². The van der Waals surface area contributed by atoms with Gasteiger partial charge in [0, 0.05) is 45.9 Å². The van der Waals surface area contributed by atoms with Gasteiger partial charge in [-0.25, -0.2) is 4.98 Å². The van der Waals surface area contributed by atoms with E-state index in [0.717, 1.165) is 55.8 Å². The number of methoxy groups -OCH3 is 1. The second-order valence-electron chi connectivity index (χ2n) is 5.73. The zero-order valence-electron chi connectivity index (χ0n) is 13.2. The highest BCUT2D eigenvalue weighted by Crippen LogP contribution is 2.24. The molecule has 0 aliphatic carbocycles. The van der Waals surface area contributed by atoms with E-state index >= 15 is 0 Å². The van der Waals surface area contributed by atoms with Gasteiger partial charge in [-0.15, -0.1) is 11.3 Å². The van der Waals surface area contributed by atoms with Crippen LogP contribution in [-0.4, -0.2) is 60.7 Å². The number of nitrogens with zero attached hydrogens (tertiary/aromatic N) is 3. The van der Waals surface area contributed by atoms with E-state index in [1.807, 2.05) is 17.5 Å². The maximum Gasteiger partial charge on any atom is 0.236 e. The molecule has 1 saturated heterocycles. The number of ether oxygens (including phenoxy) is 1. The van der Waals surface area contributed by atoms with Crippen LogP contribution in [0.15, 0.2) is 28.2 Å². The van der Waals surface area contributed by atoms with Crippen LogP contribution in [0.2, 0.25) is 0 Å². The second kappa shape index (κ2) is 7.37. The molecule has 0 N–H and O–H groups in total. The molecule has 2 aromatic heterocycles. The number of thiophene rings is 1. The maximum atomic E-state index is 5.60. The highest BCUT2D eigenvalue weighted by molar-refractivity contribution is 7.13. The van der Waals surface area contributed by atoms with Gasteiger partial charge in [-0.3, -0.25) is 9.80 Å². The van der Waals surface area contributed by atoms with Crippen LogP contribution >= 0.6 is 11.3 Å². The van der Waals surface area contributed by atoms with E-state index in [2.05, 4.69) is 21.7 Å². The third-order valence-corrected chi connectivity index (χ3v) is 4.96. The third kappa shape index (κ3) is 3.76. The molecule has 0 unspecified atom stereocenters. The summed E-state index contributed by atoms with van der Waals surface area (Å²) >= 11 is 1.66. The van der Waals surface area contributed by atoms with Crippen molar-refractivity contribution in [1.82, 2.24) is 14.8 Å². The summed E-state index contributed by atoms with van der Waals surface area (Å²) in [6, 6.07) is 4.61. The molecule has 0 bridgehead atoms. The maximum absolute atomic E-state index is 5.60. The predicted molar refractivity (Wildman–Crippen MR) is 88.0 cm³/mol. The summed E-state index contributed by atoms with van der Waals surface area (Å²) in [4.78, 5) is 10.6. The Kier molecular flexibility index (Phi) is 5.25. The number of aromatic nitrogens is 1. The van der Waals surface area contributed by atoms with Gasteiger partial charge < -0.3 is 9.15 Å². The first-order valence-electron chi connectivity index (χ1n) is 7.70. The molecule has 1 fully saturated rings. The van der Waals surface area contributed by atoms with Crippen LogP contribution in [0.3, 0.4) is 0 Å². The third-order valence-electron chi connectivity index (χ3n) is 4.10. The van der Waals surface area contributed by atoms with Crippen molar-refractivity contribution in [2.45, 2.75) is 19.5 Å². The minimum Gasteiger partial charge on any atom is -0.444 e. The van der Waals surface area contributed by atoms with E-state index in [-0.39, 0.29) is 0 Å². The molecule has 3 heterocycles. The summed E-state index contributed by atoms with van der Waals surface area (Å²) in [6.07, 6.45) is 1.79. The monoisotopic (exact) mass is 321 g/mol. The highest BCUT2D eigenvalue weighted by atomic mass is 32.1. The van der Waals surface area contributed by atoms with Gasteiger partial charge in [0.2, 0.25) is 5.89 Å². The molecular formula is C16H23N3O2S. The van der Waals surface area contributed by atoms with Gasteiger partial charge in [-0.2, -0.15) is 0 Å². The lowest BCUT2D eigenvalue weighted by Gasteiger charge is -2.39. The van der Waals surface area contributed by atoms with E-state index < -0.39 is 0 Å². The molecule has 0 aromatic carbocycles. The van der Waals surface area contributed by atoms with Gasteiger partial charge in [0.1, 0.15) is 6.26 Å². The molecule has 1 atom stereocenters. The molecule has 6 heteroatoms. The Bertz CT molecular complexity index is 570. The molecule has 22 heavy (non-hydrogen) atoms. The van der Waals surface area contributed by atoms with Gasteiger partial charge in [0.15, 0.2) is 0 Å². The zero-order valence-corrected chi connectivity index (χ0v) is 14.0. The average molecular weight is 321 g/mol. The fourth-order valence-corrected chi connectivity index (χ4v) is 3.53. The van der Waals surface area contributed by atoms with E-state index in [4.69, 9.17) is 9.15 Å². The topological polar surface area (TPSA) is 41.7 Å². The van der Waals surface area contributed by atoms with Gasteiger partial charge in [-0.1, -0.05) is 6.07 Å². The molecule has 120 valence electrons.